The monoisotopic (exact) mass is 320 g/mol. The summed E-state index contributed by atoms with van der Waals surface area (Å²) in [4.78, 5) is 23.0. The van der Waals surface area contributed by atoms with E-state index in [2.05, 4.69) is 10.6 Å². The highest BCUT2D eigenvalue weighted by Gasteiger charge is 2.35. The largest absolute Gasteiger partial charge is 0.481 e. The molecule has 1 unspecified atom stereocenters. The average Bonchev–Trinajstić information content (AvgIpc) is 2.77. The molecule has 0 aromatic heterocycles. The minimum atomic E-state index is -2.95. The van der Waals surface area contributed by atoms with E-state index in [1.807, 2.05) is 0 Å². The maximum absolute atomic E-state index is 11.7. The normalized spacial score (nSPS) is 21.0. The van der Waals surface area contributed by atoms with Crippen LogP contribution in [0.25, 0.3) is 0 Å². The third-order valence-corrected chi connectivity index (χ3v) is 6.11. The number of carboxylic acids is 1. The van der Waals surface area contributed by atoms with E-state index < -0.39 is 27.3 Å². The Labute approximate surface area is 125 Å². The third kappa shape index (κ3) is 4.87. The molecule has 2 amide bonds. The van der Waals surface area contributed by atoms with E-state index in [1.54, 1.807) is 13.8 Å². The molecule has 0 saturated carbocycles. The Morgan fingerprint density at radius 2 is 1.86 bits per heavy atom. The average molecular weight is 320 g/mol. The van der Waals surface area contributed by atoms with Gasteiger partial charge in [-0.25, -0.2) is 13.2 Å². The molecule has 21 heavy (non-hydrogen) atoms. The van der Waals surface area contributed by atoms with Gasteiger partial charge in [0.05, 0.1) is 16.9 Å². The summed E-state index contributed by atoms with van der Waals surface area (Å²) in [7, 11) is -2.95. The van der Waals surface area contributed by atoms with E-state index in [-0.39, 0.29) is 24.0 Å². The highest BCUT2D eigenvalue weighted by molar-refractivity contribution is 7.91. The maximum Gasteiger partial charge on any atom is 0.314 e. The van der Waals surface area contributed by atoms with Gasteiger partial charge in [0.25, 0.3) is 0 Å². The number of carbonyl (C=O) groups is 2. The Morgan fingerprint density at radius 1 is 1.24 bits per heavy atom. The zero-order chi connectivity index (χ0) is 16.1. The van der Waals surface area contributed by atoms with E-state index in [0.717, 1.165) is 0 Å². The van der Waals surface area contributed by atoms with Crippen molar-refractivity contribution in [3.63, 3.8) is 0 Å². The first-order valence-corrected chi connectivity index (χ1v) is 9.02. The lowest BCUT2D eigenvalue weighted by molar-refractivity contribution is -0.149. The van der Waals surface area contributed by atoms with Crippen molar-refractivity contribution >= 4 is 21.8 Å². The number of carbonyl (C=O) groups excluding carboxylic acids is 1. The first kappa shape index (κ1) is 17.7. The summed E-state index contributed by atoms with van der Waals surface area (Å²) in [5, 5.41) is 14.4. The van der Waals surface area contributed by atoms with Crippen LogP contribution >= 0.6 is 0 Å². The van der Waals surface area contributed by atoms with Crippen molar-refractivity contribution in [3.05, 3.63) is 0 Å². The molecule has 1 aliphatic rings. The van der Waals surface area contributed by atoms with Crippen LogP contribution in [0.5, 0.6) is 0 Å². The number of amides is 2. The molecule has 8 heteroatoms. The summed E-state index contributed by atoms with van der Waals surface area (Å²) in [6.07, 6.45) is 1.42. The molecule has 0 spiro atoms. The van der Waals surface area contributed by atoms with E-state index >= 15 is 0 Å². The van der Waals surface area contributed by atoms with Crippen LogP contribution in [-0.2, 0) is 14.6 Å². The van der Waals surface area contributed by atoms with Gasteiger partial charge in [0.15, 0.2) is 9.84 Å². The Morgan fingerprint density at radius 3 is 2.29 bits per heavy atom. The summed E-state index contributed by atoms with van der Waals surface area (Å²) >= 11 is 0. The van der Waals surface area contributed by atoms with Gasteiger partial charge in [-0.1, -0.05) is 13.8 Å². The van der Waals surface area contributed by atoms with Gasteiger partial charge in [-0.3, -0.25) is 4.79 Å². The quantitative estimate of drug-likeness (QED) is 0.636. The Bertz CT molecular complexity index is 485. The summed E-state index contributed by atoms with van der Waals surface area (Å²) in [5.74, 6) is -0.692. The molecule has 1 aliphatic heterocycles. The van der Waals surface area contributed by atoms with Crippen LogP contribution in [-0.4, -0.2) is 50.1 Å². The van der Waals surface area contributed by atoms with Crippen LogP contribution in [0.4, 0.5) is 4.79 Å². The predicted octanol–water partition coefficient (Wildman–Crippen LogP) is 0.611. The first-order valence-electron chi connectivity index (χ1n) is 7.20. The molecule has 0 aromatic rings. The standard InChI is InChI=1S/C13H24N2O5S/c1-3-13(4-2,11(16)17)9-15-12(18)14-7-10-5-6-21(19,20)8-10/h10H,3-9H2,1-2H3,(H,16,17)(H2,14,15,18). The molecule has 0 aliphatic carbocycles. The molecule has 3 N–H and O–H groups in total. The van der Waals surface area contributed by atoms with E-state index in [1.165, 1.54) is 0 Å². The molecule has 0 aromatic carbocycles. The van der Waals surface area contributed by atoms with Crippen molar-refractivity contribution < 1.29 is 23.1 Å². The summed E-state index contributed by atoms with van der Waals surface area (Å²) in [6.45, 7) is 3.91. The maximum atomic E-state index is 11.7. The fourth-order valence-corrected chi connectivity index (χ4v) is 4.32. The fourth-order valence-electron chi connectivity index (χ4n) is 2.46. The zero-order valence-corrected chi connectivity index (χ0v) is 13.3. The minimum Gasteiger partial charge on any atom is -0.481 e. The number of hydrogen-bond acceptors (Lipinski definition) is 4. The number of sulfone groups is 1. The number of nitrogens with one attached hydrogen (secondary N) is 2. The molecule has 1 atom stereocenters. The smallest absolute Gasteiger partial charge is 0.314 e. The molecule has 1 heterocycles. The van der Waals surface area contributed by atoms with Crippen LogP contribution in [0.2, 0.25) is 0 Å². The molecule has 122 valence electrons. The fraction of sp³-hybridized carbons (Fsp3) is 0.846. The van der Waals surface area contributed by atoms with Gasteiger partial charge < -0.3 is 15.7 Å². The zero-order valence-electron chi connectivity index (χ0n) is 12.5. The molecule has 1 saturated heterocycles. The van der Waals surface area contributed by atoms with Crippen molar-refractivity contribution in [2.24, 2.45) is 11.3 Å². The Kier molecular flexibility index (Phi) is 6.00. The van der Waals surface area contributed by atoms with Crippen molar-refractivity contribution in [3.8, 4) is 0 Å². The second-order valence-electron chi connectivity index (χ2n) is 5.63. The van der Waals surface area contributed by atoms with Gasteiger partial charge in [-0.05, 0) is 25.2 Å². The lowest BCUT2D eigenvalue weighted by atomic mass is 9.82. The lowest BCUT2D eigenvalue weighted by Crippen LogP contribution is -2.46. The molecule has 1 fully saturated rings. The van der Waals surface area contributed by atoms with Crippen LogP contribution in [0.1, 0.15) is 33.1 Å². The highest BCUT2D eigenvalue weighted by Crippen LogP contribution is 2.25. The van der Waals surface area contributed by atoms with Gasteiger partial charge in [0.1, 0.15) is 0 Å². The number of rotatable bonds is 7. The molecule has 0 bridgehead atoms. The van der Waals surface area contributed by atoms with Gasteiger partial charge in [0.2, 0.25) is 0 Å². The minimum absolute atomic E-state index is 0.0534. The van der Waals surface area contributed by atoms with Gasteiger partial charge >= 0.3 is 12.0 Å². The molecular formula is C13H24N2O5S. The van der Waals surface area contributed by atoms with Gasteiger partial charge in [-0.2, -0.15) is 0 Å². The lowest BCUT2D eigenvalue weighted by Gasteiger charge is -2.27. The van der Waals surface area contributed by atoms with Gasteiger partial charge in [-0.15, -0.1) is 0 Å². The van der Waals surface area contributed by atoms with Crippen molar-refractivity contribution in [1.29, 1.82) is 0 Å². The molecule has 7 nitrogen and oxygen atoms in total. The second-order valence-corrected chi connectivity index (χ2v) is 7.85. The molecule has 1 rings (SSSR count). The second kappa shape index (κ2) is 7.11. The summed E-state index contributed by atoms with van der Waals surface area (Å²) in [6, 6.07) is -0.452. The van der Waals surface area contributed by atoms with Crippen molar-refractivity contribution in [1.82, 2.24) is 10.6 Å². The van der Waals surface area contributed by atoms with Crippen LogP contribution in [0.3, 0.4) is 0 Å². The first-order chi connectivity index (χ1) is 9.74. The van der Waals surface area contributed by atoms with E-state index in [4.69, 9.17) is 0 Å². The number of carboxylic acid groups (broad SMARTS) is 1. The van der Waals surface area contributed by atoms with Crippen molar-refractivity contribution in [2.45, 2.75) is 33.1 Å². The number of urea groups is 1. The van der Waals surface area contributed by atoms with Crippen molar-refractivity contribution in [2.75, 3.05) is 24.6 Å². The highest BCUT2D eigenvalue weighted by atomic mass is 32.2. The topological polar surface area (TPSA) is 113 Å². The van der Waals surface area contributed by atoms with E-state index in [0.29, 0.717) is 25.8 Å². The Balaban J connectivity index is 2.39. The van der Waals surface area contributed by atoms with E-state index in [9.17, 15) is 23.1 Å². The third-order valence-electron chi connectivity index (χ3n) is 4.27. The van der Waals surface area contributed by atoms with Crippen LogP contribution in [0.15, 0.2) is 0 Å². The SMILES string of the molecule is CCC(CC)(CNC(=O)NCC1CCS(=O)(=O)C1)C(=O)O. The summed E-state index contributed by atoms with van der Waals surface area (Å²) < 4.78 is 22.6. The predicted molar refractivity (Wildman–Crippen MR) is 78.8 cm³/mol. The Hall–Kier alpha value is -1.31. The number of hydrogen-bond donors (Lipinski definition) is 3. The molecule has 0 radical (unpaired) electrons. The van der Waals surface area contributed by atoms with Gasteiger partial charge in [0, 0.05) is 13.1 Å². The summed E-state index contributed by atoms with van der Waals surface area (Å²) in [5.41, 5.74) is -0.950. The number of aliphatic carboxylic acids is 1. The van der Waals surface area contributed by atoms with Crippen LogP contribution in [0, 0.1) is 11.3 Å². The van der Waals surface area contributed by atoms with Crippen LogP contribution < -0.4 is 10.6 Å². The molecular weight excluding hydrogens is 296 g/mol.